The van der Waals surface area contributed by atoms with Crippen molar-refractivity contribution in [1.29, 1.82) is 0 Å². The quantitative estimate of drug-likeness (QED) is 0.759. The molecule has 2 atom stereocenters. The normalized spacial score (nSPS) is 22.4. The number of Topliss-reactive ketones (excluding diaryl/α,β-unsaturated/α-hetero) is 1. The lowest BCUT2D eigenvalue weighted by molar-refractivity contribution is 0.0816. The van der Waals surface area contributed by atoms with E-state index in [0.717, 1.165) is 19.3 Å². The maximum Gasteiger partial charge on any atom is 0.170 e. The van der Waals surface area contributed by atoms with Crippen molar-refractivity contribution in [3.63, 3.8) is 0 Å². The Hall–Kier alpha value is -1.51. The van der Waals surface area contributed by atoms with E-state index in [-0.39, 0.29) is 11.7 Å². The maximum atomic E-state index is 12.9. The van der Waals surface area contributed by atoms with Gasteiger partial charge < -0.3 is 9.47 Å². The minimum absolute atomic E-state index is 0.134. The van der Waals surface area contributed by atoms with Crippen LogP contribution in [0.4, 0.5) is 0 Å². The largest absolute Gasteiger partial charge is 0.497 e. The number of carbonyl (C=O) groups excluding carboxylic acids is 1. The van der Waals surface area contributed by atoms with E-state index in [1.54, 1.807) is 14.2 Å². The first-order valence-corrected chi connectivity index (χ1v) is 7.47. The van der Waals surface area contributed by atoms with Gasteiger partial charge in [-0.2, -0.15) is 0 Å². The molecule has 1 aromatic carbocycles. The molecule has 20 heavy (non-hydrogen) atoms. The summed E-state index contributed by atoms with van der Waals surface area (Å²) in [6.45, 7) is 2.18. The number of hydrogen-bond acceptors (Lipinski definition) is 3. The summed E-state index contributed by atoms with van der Waals surface area (Å²) in [6.07, 6.45) is 5.64. The second kappa shape index (κ2) is 6.78. The summed E-state index contributed by atoms with van der Waals surface area (Å²) in [5.74, 6) is 2.21. The molecule has 1 aliphatic rings. The van der Waals surface area contributed by atoms with E-state index in [1.165, 1.54) is 12.8 Å². The van der Waals surface area contributed by atoms with E-state index in [2.05, 4.69) is 6.92 Å². The van der Waals surface area contributed by atoms with Crippen LogP contribution in [0.15, 0.2) is 18.2 Å². The van der Waals surface area contributed by atoms with Crippen LogP contribution in [0.1, 0.15) is 49.4 Å². The first-order valence-electron chi connectivity index (χ1n) is 7.47. The molecular formula is C17H24O3. The zero-order chi connectivity index (χ0) is 14.5. The zero-order valence-corrected chi connectivity index (χ0v) is 12.6. The molecule has 110 valence electrons. The van der Waals surface area contributed by atoms with Crippen molar-refractivity contribution in [3.8, 4) is 11.5 Å². The third kappa shape index (κ3) is 2.97. The summed E-state index contributed by atoms with van der Waals surface area (Å²) in [5.41, 5.74) is 0.664. The fourth-order valence-corrected chi connectivity index (χ4v) is 3.25. The molecule has 1 aliphatic carbocycles. The van der Waals surface area contributed by atoms with E-state index >= 15 is 0 Å². The number of carbonyl (C=O) groups is 1. The highest BCUT2D eigenvalue weighted by molar-refractivity contribution is 6.00. The lowest BCUT2D eigenvalue weighted by Gasteiger charge is -2.30. The molecule has 1 aromatic rings. The monoisotopic (exact) mass is 276 g/mol. The summed E-state index contributed by atoms with van der Waals surface area (Å²) in [4.78, 5) is 12.9. The van der Waals surface area contributed by atoms with Crippen molar-refractivity contribution in [2.45, 2.75) is 39.0 Å². The van der Waals surface area contributed by atoms with Crippen molar-refractivity contribution in [2.75, 3.05) is 14.2 Å². The Morgan fingerprint density at radius 3 is 2.60 bits per heavy atom. The zero-order valence-electron chi connectivity index (χ0n) is 12.6. The Kier molecular flexibility index (Phi) is 5.05. The average Bonchev–Trinajstić information content (AvgIpc) is 2.53. The molecule has 0 aliphatic heterocycles. The van der Waals surface area contributed by atoms with E-state index in [1.807, 2.05) is 18.2 Å². The van der Waals surface area contributed by atoms with Crippen LogP contribution in [-0.4, -0.2) is 20.0 Å². The molecule has 1 saturated carbocycles. The number of rotatable bonds is 5. The van der Waals surface area contributed by atoms with Gasteiger partial charge in [0.1, 0.15) is 11.5 Å². The summed E-state index contributed by atoms with van der Waals surface area (Å²) in [7, 11) is 3.22. The Morgan fingerprint density at radius 1 is 1.20 bits per heavy atom. The van der Waals surface area contributed by atoms with Crippen molar-refractivity contribution < 1.29 is 14.3 Å². The first kappa shape index (κ1) is 14.9. The second-order valence-electron chi connectivity index (χ2n) is 5.49. The predicted molar refractivity (Wildman–Crippen MR) is 79.6 cm³/mol. The van der Waals surface area contributed by atoms with Gasteiger partial charge in [0.2, 0.25) is 0 Å². The molecule has 0 aromatic heterocycles. The third-order valence-electron chi connectivity index (χ3n) is 4.44. The van der Waals surface area contributed by atoms with Crippen LogP contribution < -0.4 is 9.47 Å². The van der Waals surface area contributed by atoms with E-state index in [9.17, 15) is 4.79 Å². The molecule has 0 saturated heterocycles. The molecule has 2 unspecified atom stereocenters. The van der Waals surface area contributed by atoms with Crippen LogP contribution in [0.5, 0.6) is 11.5 Å². The topological polar surface area (TPSA) is 35.5 Å². The van der Waals surface area contributed by atoms with Crippen LogP contribution in [0, 0.1) is 11.8 Å². The van der Waals surface area contributed by atoms with Gasteiger partial charge in [-0.05, 0) is 37.0 Å². The molecule has 0 spiro atoms. The number of ketones is 1. The molecule has 0 N–H and O–H groups in total. The SMILES string of the molecule is CCC1CCCCC1C(=O)c1cc(OC)ccc1OC. The number of hydrogen-bond donors (Lipinski definition) is 0. The van der Waals surface area contributed by atoms with Crippen LogP contribution in [0.25, 0.3) is 0 Å². The van der Waals surface area contributed by atoms with Crippen molar-refractivity contribution in [1.82, 2.24) is 0 Å². The van der Waals surface area contributed by atoms with Crippen molar-refractivity contribution in [2.24, 2.45) is 11.8 Å². The summed E-state index contributed by atoms with van der Waals surface area (Å²) >= 11 is 0. The standard InChI is InChI=1S/C17H24O3/c1-4-12-7-5-6-8-14(12)17(18)15-11-13(19-2)9-10-16(15)20-3/h9-12,14H,4-8H2,1-3H3. The average molecular weight is 276 g/mol. The highest BCUT2D eigenvalue weighted by Gasteiger charge is 2.31. The molecule has 1 fully saturated rings. The fraction of sp³-hybridized carbons (Fsp3) is 0.588. The van der Waals surface area contributed by atoms with E-state index < -0.39 is 0 Å². The van der Waals surface area contributed by atoms with Crippen molar-refractivity contribution >= 4 is 5.78 Å². The lowest BCUT2D eigenvalue weighted by Crippen LogP contribution is -2.27. The molecule has 0 amide bonds. The Balaban J connectivity index is 2.31. The minimum Gasteiger partial charge on any atom is -0.497 e. The van der Waals surface area contributed by atoms with E-state index in [0.29, 0.717) is 23.0 Å². The molecular weight excluding hydrogens is 252 g/mol. The molecule has 3 heteroatoms. The summed E-state index contributed by atoms with van der Waals surface area (Å²) < 4.78 is 10.6. The van der Waals surface area contributed by atoms with Crippen LogP contribution in [0.3, 0.4) is 0 Å². The van der Waals surface area contributed by atoms with Gasteiger partial charge in [-0.15, -0.1) is 0 Å². The number of benzene rings is 1. The molecule has 0 radical (unpaired) electrons. The highest BCUT2D eigenvalue weighted by Crippen LogP contribution is 2.37. The van der Waals surface area contributed by atoms with Gasteiger partial charge in [-0.25, -0.2) is 0 Å². The van der Waals surface area contributed by atoms with Gasteiger partial charge in [0.25, 0.3) is 0 Å². The van der Waals surface area contributed by atoms with E-state index in [4.69, 9.17) is 9.47 Å². The second-order valence-corrected chi connectivity index (χ2v) is 5.49. The third-order valence-corrected chi connectivity index (χ3v) is 4.44. The smallest absolute Gasteiger partial charge is 0.170 e. The van der Waals surface area contributed by atoms with Gasteiger partial charge in [0, 0.05) is 5.92 Å². The number of methoxy groups -OCH3 is 2. The fourth-order valence-electron chi connectivity index (χ4n) is 3.25. The lowest BCUT2D eigenvalue weighted by atomic mass is 9.74. The maximum absolute atomic E-state index is 12.9. The highest BCUT2D eigenvalue weighted by atomic mass is 16.5. The van der Waals surface area contributed by atoms with Gasteiger partial charge in [-0.1, -0.05) is 26.2 Å². The Morgan fingerprint density at radius 2 is 1.95 bits per heavy atom. The van der Waals surface area contributed by atoms with Crippen LogP contribution in [-0.2, 0) is 0 Å². The predicted octanol–water partition coefficient (Wildman–Crippen LogP) is 4.10. The number of ether oxygens (including phenoxy) is 2. The van der Waals surface area contributed by atoms with Gasteiger partial charge in [0.15, 0.2) is 5.78 Å². The molecule has 3 nitrogen and oxygen atoms in total. The van der Waals surface area contributed by atoms with Gasteiger partial charge in [0.05, 0.1) is 19.8 Å². The first-order chi connectivity index (χ1) is 9.71. The van der Waals surface area contributed by atoms with Crippen LogP contribution >= 0.6 is 0 Å². The van der Waals surface area contributed by atoms with Crippen LogP contribution in [0.2, 0.25) is 0 Å². The Bertz CT molecular complexity index is 467. The van der Waals surface area contributed by atoms with Gasteiger partial charge in [-0.3, -0.25) is 4.79 Å². The Labute approximate surface area is 121 Å². The summed E-state index contributed by atoms with van der Waals surface area (Å²) in [5, 5.41) is 0. The van der Waals surface area contributed by atoms with Crippen molar-refractivity contribution in [3.05, 3.63) is 23.8 Å². The molecule has 0 heterocycles. The molecule has 0 bridgehead atoms. The van der Waals surface area contributed by atoms with Gasteiger partial charge >= 0.3 is 0 Å². The minimum atomic E-state index is 0.134. The molecule has 2 rings (SSSR count). The summed E-state index contributed by atoms with van der Waals surface area (Å²) in [6, 6.07) is 5.45.